The van der Waals surface area contributed by atoms with E-state index in [0.29, 0.717) is 17.1 Å². The zero-order chi connectivity index (χ0) is 12.4. The number of anilines is 2. The maximum absolute atomic E-state index is 12.0. The number of nitrogens with zero attached hydrogens (tertiary/aromatic N) is 3. The van der Waals surface area contributed by atoms with Gasteiger partial charge >= 0.3 is 0 Å². The minimum Gasteiger partial charge on any atom is -0.396 e. The summed E-state index contributed by atoms with van der Waals surface area (Å²) in [7, 11) is 1.62. The highest BCUT2D eigenvalue weighted by molar-refractivity contribution is 6.05. The van der Waals surface area contributed by atoms with Crippen LogP contribution in [0.3, 0.4) is 0 Å². The number of nitrogen functional groups attached to an aromatic ring is 1. The van der Waals surface area contributed by atoms with Gasteiger partial charge in [0.05, 0.1) is 23.3 Å². The van der Waals surface area contributed by atoms with Gasteiger partial charge in [0, 0.05) is 19.3 Å². The summed E-state index contributed by atoms with van der Waals surface area (Å²) in [6.45, 7) is 1.75. The molecular formula is C11H12N4O2. The number of hydrogen-bond donors (Lipinski definition) is 1. The average molecular weight is 232 g/mol. The Labute approximate surface area is 98.0 Å². The Morgan fingerprint density at radius 2 is 2.29 bits per heavy atom. The van der Waals surface area contributed by atoms with E-state index in [1.807, 2.05) is 0 Å². The van der Waals surface area contributed by atoms with Crippen molar-refractivity contribution in [2.24, 2.45) is 0 Å². The van der Waals surface area contributed by atoms with Gasteiger partial charge < -0.3 is 15.2 Å². The lowest BCUT2D eigenvalue weighted by Crippen LogP contribution is -2.26. The number of carbonyl (C=O) groups is 1. The molecule has 0 aliphatic carbocycles. The van der Waals surface area contributed by atoms with E-state index in [2.05, 4.69) is 10.1 Å². The Balaban J connectivity index is 2.29. The SMILES string of the molecule is Cc1cc(C(=O)N(C)c2ccncc2N)on1. The van der Waals surface area contributed by atoms with Crippen LogP contribution in [0.15, 0.2) is 29.0 Å². The molecule has 2 N–H and O–H groups in total. The van der Waals surface area contributed by atoms with Crippen molar-refractivity contribution in [1.29, 1.82) is 0 Å². The maximum Gasteiger partial charge on any atom is 0.296 e. The van der Waals surface area contributed by atoms with Gasteiger partial charge in [0.1, 0.15) is 0 Å². The van der Waals surface area contributed by atoms with Crippen molar-refractivity contribution in [2.45, 2.75) is 6.92 Å². The summed E-state index contributed by atoms with van der Waals surface area (Å²) in [6, 6.07) is 3.24. The third kappa shape index (κ3) is 2.10. The molecule has 0 aromatic carbocycles. The molecule has 0 spiro atoms. The third-order valence-corrected chi connectivity index (χ3v) is 2.33. The summed E-state index contributed by atoms with van der Waals surface area (Å²) in [5.74, 6) is -0.121. The fourth-order valence-corrected chi connectivity index (χ4v) is 1.44. The second-order valence-electron chi connectivity index (χ2n) is 3.63. The van der Waals surface area contributed by atoms with E-state index in [4.69, 9.17) is 10.3 Å². The van der Waals surface area contributed by atoms with Crippen LogP contribution >= 0.6 is 0 Å². The summed E-state index contributed by atoms with van der Waals surface area (Å²) < 4.78 is 4.91. The van der Waals surface area contributed by atoms with Crippen LogP contribution in [-0.2, 0) is 0 Å². The van der Waals surface area contributed by atoms with Gasteiger partial charge in [0.15, 0.2) is 0 Å². The molecule has 0 saturated carbocycles. The van der Waals surface area contributed by atoms with Crippen molar-refractivity contribution < 1.29 is 9.32 Å². The van der Waals surface area contributed by atoms with Crippen LogP contribution in [-0.4, -0.2) is 23.1 Å². The Hall–Kier alpha value is -2.37. The number of aryl methyl sites for hydroxylation is 1. The molecule has 6 nitrogen and oxygen atoms in total. The van der Waals surface area contributed by atoms with Crippen LogP contribution in [0.5, 0.6) is 0 Å². The molecule has 2 aromatic rings. The smallest absolute Gasteiger partial charge is 0.296 e. The monoisotopic (exact) mass is 232 g/mol. The first-order valence-corrected chi connectivity index (χ1v) is 5.00. The molecule has 2 aromatic heterocycles. The zero-order valence-corrected chi connectivity index (χ0v) is 9.54. The third-order valence-electron chi connectivity index (χ3n) is 2.33. The lowest BCUT2D eigenvalue weighted by Gasteiger charge is -2.16. The Morgan fingerprint density at radius 3 is 2.88 bits per heavy atom. The predicted octanol–water partition coefficient (Wildman–Crippen LogP) is 1.24. The number of carbonyl (C=O) groups excluding carboxylic acids is 1. The molecule has 17 heavy (non-hydrogen) atoms. The summed E-state index contributed by atoms with van der Waals surface area (Å²) in [5, 5.41) is 3.67. The number of aromatic nitrogens is 2. The van der Waals surface area contributed by atoms with Gasteiger partial charge in [0.25, 0.3) is 5.91 Å². The lowest BCUT2D eigenvalue weighted by molar-refractivity contribution is 0.0957. The molecule has 0 radical (unpaired) electrons. The minimum atomic E-state index is -0.302. The highest BCUT2D eigenvalue weighted by Crippen LogP contribution is 2.21. The second-order valence-corrected chi connectivity index (χ2v) is 3.63. The molecule has 0 bridgehead atoms. The van der Waals surface area contributed by atoms with E-state index >= 15 is 0 Å². The van der Waals surface area contributed by atoms with Crippen LogP contribution in [0.4, 0.5) is 11.4 Å². The van der Waals surface area contributed by atoms with E-state index in [9.17, 15) is 4.79 Å². The molecule has 0 atom stereocenters. The first kappa shape index (κ1) is 11.1. The standard InChI is InChI=1S/C11H12N4O2/c1-7-5-10(17-14-7)11(16)15(2)9-3-4-13-6-8(9)12/h3-6H,12H2,1-2H3. The Kier molecular flexibility index (Phi) is 2.78. The predicted molar refractivity (Wildman–Crippen MR) is 62.6 cm³/mol. The Morgan fingerprint density at radius 1 is 1.53 bits per heavy atom. The van der Waals surface area contributed by atoms with Crippen LogP contribution in [0.25, 0.3) is 0 Å². The summed E-state index contributed by atoms with van der Waals surface area (Å²) >= 11 is 0. The fraction of sp³-hybridized carbons (Fsp3) is 0.182. The zero-order valence-electron chi connectivity index (χ0n) is 9.54. The lowest BCUT2D eigenvalue weighted by atomic mass is 10.3. The highest BCUT2D eigenvalue weighted by atomic mass is 16.5. The second kappa shape index (κ2) is 4.25. The summed E-state index contributed by atoms with van der Waals surface area (Å²) in [6.07, 6.45) is 3.06. The maximum atomic E-state index is 12.0. The topological polar surface area (TPSA) is 85.2 Å². The molecule has 1 amide bonds. The molecule has 2 rings (SSSR count). The van der Waals surface area contributed by atoms with Crippen LogP contribution in [0.2, 0.25) is 0 Å². The number of pyridine rings is 1. The molecule has 0 fully saturated rings. The minimum absolute atomic E-state index is 0.182. The number of hydrogen-bond acceptors (Lipinski definition) is 5. The molecule has 6 heteroatoms. The van der Waals surface area contributed by atoms with E-state index in [1.54, 1.807) is 32.3 Å². The number of nitrogens with two attached hydrogens (primary N) is 1. The molecule has 0 aliphatic rings. The number of amides is 1. The van der Waals surface area contributed by atoms with Crippen LogP contribution in [0.1, 0.15) is 16.2 Å². The first-order chi connectivity index (χ1) is 8.09. The van der Waals surface area contributed by atoms with Gasteiger partial charge in [-0.05, 0) is 13.0 Å². The molecular weight excluding hydrogens is 220 g/mol. The van der Waals surface area contributed by atoms with Gasteiger partial charge in [0.2, 0.25) is 5.76 Å². The quantitative estimate of drug-likeness (QED) is 0.841. The van der Waals surface area contributed by atoms with Crippen LogP contribution in [0, 0.1) is 6.92 Å². The van der Waals surface area contributed by atoms with E-state index in [0.717, 1.165) is 0 Å². The molecule has 0 aliphatic heterocycles. The van der Waals surface area contributed by atoms with Crippen molar-refractivity contribution in [2.75, 3.05) is 17.7 Å². The van der Waals surface area contributed by atoms with Crippen molar-refractivity contribution >= 4 is 17.3 Å². The molecule has 0 unspecified atom stereocenters. The van der Waals surface area contributed by atoms with E-state index < -0.39 is 0 Å². The first-order valence-electron chi connectivity index (χ1n) is 5.00. The Bertz CT molecular complexity index is 550. The van der Waals surface area contributed by atoms with E-state index in [-0.39, 0.29) is 11.7 Å². The van der Waals surface area contributed by atoms with Gasteiger partial charge in [-0.2, -0.15) is 0 Å². The van der Waals surface area contributed by atoms with Crippen molar-refractivity contribution in [3.63, 3.8) is 0 Å². The highest BCUT2D eigenvalue weighted by Gasteiger charge is 2.19. The normalized spacial score (nSPS) is 10.2. The van der Waals surface area contributed by atoms with Crippen molar-refractivity contribution in [1.82, 2.24) is 10.1 Å². The number of rotatable bonds is 2. The molecule has 0 saturated heterocycles. The van der Waals surface area contributed by atoms with Gasteiger partial charge in [-0.25, -0.2) is 0 Å². The van der Waals surface area contributed by atoms with Crippen molar-refractivity contribution in [3.8, 4) is 0 Å². The van der Waals surface area contributed by atoms with Gasteiger partial charge in [-0.15, -0.1) is 0 Å². The van der Waals surface area contributed by atoms with Gasteiger partial charge in [-0.1, -0.05) is 5.16 Å². The molecule has 2 heterocycles. The largest absolute Gasteiger partial charge is 0.396 e. The molecule has 88 valence electrons. The fourth-order valence-electron chi connectivity index (χ4n) is 1.44. The average Bonchev–Trinajstić information content (AvgIpc) is 2.75. The van der Waals surface area contributed by atoms with Gasteiger partial charge in [-0.3, -0.25) is 9.78 Å². The summed E-state index contributed by atoms with van der Waals surface area (Å²) in [5.41, 5.74) is 7.41. The summed E-state index contributed by atoms with van der Waals surface area (Å²) in [4.78, 5) is 17.3. The van der Waals surface area contributed by atoms with Crippen molar-refractivity contribution in [3.05, 3.63) is 36.0 Å². The van der Waals surface area contributed by atoms with Crippen LogP contribution < -0.4 is 10.6 Å². The van der Waals surface area contributed by atoms with E-state index in [1.165, 1.54) is 11.1 Å².